The summed E-state index contributed by atoms with van der Waals surface area (Å²) in [6, 6.07) is 7.43. The van der Waals surface area contributed by atoms with E-state index < -0.39 is 0 Å². The quantitative estimate of drug-likeness (QED) is 0.847. The number of amidine groups is 1. The molecule has 0 bridgehead atoms. The molecular weight excluding hydrogens is 322 g/mol. The van der Waals surface area contributed by atoms with Crippen molar-refractivity contribution in [3.63, 3.8) is 0 Å². The Morgan fingerprint density at radius 3 is 2.50 bits per heavy atom. The van der Waals surface area contributed by atoms with Gasteiger partial charge < -0.3 is 10.5 Å². The van der Waals surface area contributed by atoms with Crippen molar-refractivity contribution in [3.8, 4) is 5.75 Å². The summed E-state index contributed by atoms with van der Waals surface area (Å²) in [5.41, 5.74) is 7.25. The lowest BCUT2D eigenvalue weighted by atomic mass is 10.0. The second-order valence-corrected chi connectivity index (χ2v) is 8.91. The third-order valence-electron chi connectivity index (χ3n) is 4.56. The highest BCUT2D eigenvalue weighted by Crippen LogP contribution is 2.49. The van der Waals surface area contributed by atoms with Crippen LogP contribution in [-0.2, 0) is 0 Å². The van der Waals surface area contributed by atoms with Crippen molar-refractivity contribution in [2.24, 2.45) is 11.7 Å². The third kappa shape index (κ3) is 2.57. The first kappa shape index (κ1) is 17.1. The predicted octanol–water partition coefficient (Wildman–Crippen LogP) is 3.40. The molecule has 1 fully saturated rings. The van der Waals surface area contributed by atoms with Gasteiger partial charge in [0.05, 0.1) is 11.4 Å². The van der Waals surface area contributed by atoms with Crippen LogP contribution in [0.2, 0.25) is 0 Å². The minimum atomic E-state index is -0.102. The Labute approximate surface area is 147 Å². The third-order valence-corrected chi connectivity index (χ3v) is 6.41. The van der Waals surface area contributed by atoms with E-state index in [0.717, 1.165) is 11.4 Å². The van der Waals surface area contributed by atoms with E-state index in [0.29, 0.717) is 18.4 Å². The average molecular weight is 348 g/mol. The number of rotatable bonds is 4. The molecule has 2 atom stereocenters. The Hall–Kier alpha value is -1.69. The lowest BCUT2D eigenvalue weighted by molar-refractivity contribution is -0.333. The molecule has 3 rings (SSSR count). The molecule has 130 valence electrons. The van der Waals surface area contributed by atoms with Gasteiger partial charge in [-0.1, -0.05) is 13.8 Å². The van der Waals surface area contributed by atoms with Crippen molar-refractivity contribution in [3.05, 3.63) is 24.3 Å². The van der Waals surface area contributed by atoms with Crippen molar-refractivity contribution in [2.75, 3.05) is 6.61 Å². The molecule has 2 amide bonds. The highest BCUT2D eigenvalue weighted by atomic mass is 32.2. The van der Waals surface area contributed by atoms with Crippen LogP contribution in [0.3, 0.4) is 0 Å². The second kappa shape index (κ2) is 5.99. The van der Waals surface area contributed by atoms with Crippen molar-refractivity contribution in [2.45, 2.75) is 50.8 Å². The molecule has 2 aliphatic heterocycles. The Morgan fingerprint density at radius 1 is 1.33 bits per heavy atom. The molecule has 5 nitrogen and oxygen atoms in total. The standard InChI is InChI=1S/C18H25N3O2S/c1-6-23-13-9-7-12(8-10-13)20-15(19)14-18(4,5)24-16(11(2)3)21(14)17(20)22/h7-11,14,16,19H,6H2,1-5H3/p+1. The van der Waals surface area contributed by atoms with Crippen LogP contribution < -0.4 is 10.5 Å². The molecule has 1 aromatic carbocycles. The van der Waals surface area contributed by atoms with Crippen LogP contribution in [0.15, 0.2) is 24.3 Å². The van der Waals surface area contributed by atoms with Crippen LogP contribution in [0.5, 0.6) is 5.75 Å². The van der Waals surface area contributed by atoms with Crippen molar-refractivity contribution >= 4 is 29.3 Å². The molecule has 2 heterocycles. The van der Waals surface area contributed by atoms with E-state index in [9.17, 15) is 4.79 Å². The Balaban J connectivity index is 2.00. The summed E-state index contributed by atoms with van der Waals surface area (Å²) in [5, 5.41) is 0.142. The number of carbonyl (C=O) groups is 1. The molecule has 1 saturated heterocycles. The van der Waals surface area contributed by atoms with Crippen LogP contribution >= 0.6 is 11.8 Å². The molecule has 1 aromatic rings. The number of urea groups is 1. The maximum absolute atomic E-state index is 13.1. The minimum absolute atomic E-state index is 0.0292. The lowest BCUT2D eigenvalue weighted by Crippen LogP contribution is -2.47. The summed E-state index contributed by atoms with van der Waals surface area (Å²) in [4.78, 5) is 15.1. The lowest BCUT2D eigenvalue weighted by Gasteiger charge is -2.20. The fourth-order valence-corrected chi connectivity index (χ4v) is 5.14. The molecule has 0 aliphatic carbocycles. The maximum atomic E-state index is 13.1. The molecule has 2 aliphatic rings. The number of hydrogen-bond donors (Lipinski definition) is 1. The average Bonchev–Trinajstić information content (AvgIpc) is 2.95. The SMILES string of the molecule is CCOc1ccc([N+]2=C(N)C3N(C2=O)C(C(C)C)SC3(C)C)cc1. The number of nitrogens with two attached hydrogens (primary N) is 1. The smallest absolute Gasteiger partial charge is 0.445 e. The van der Waals surface area contributed by atoms with Crippen LogP contribution in [0.4, 0.5) is 10.5 Å². The van der Waals surface area contributed by atoms with E-state index in [1.54, 1.807) is 4.58 Å². The van der Waals surface area contributed by atoms with Gasteiger partial charge in [0.1, 0.15) is 16.8 Å². The van der Waals surface area contributed by atoms with Crippen LogP contribution in [0.1, 0.15) is 34.6 Å². The van der Waals surface area contributed by atoms with E-state index in [1.165, 1.54) is 0 Å². The number of ether oxygens (including phenoxy) is 1. The summed E-state index contributed by atoms with van der Waals surface area (Å²) in [6.07, 6.45) is 0. The van der Waals surface area contributed by atoms with Gasteiger partial charge in [-0.2, -0.15) is 4.58 Å². The second-order valence-electron chi connectivity index (χ2n) is 7.14. The van der Waals surface area contributed by atoms with Gasteiger partial charge >= 0.3 is 6.03 Å². The van der Waals surface area contributed by atoms with Gasteiger partial charge in [0.2, 0.25) is 5.84 Å². The first-order valence-corrected chi connectivity index (χ1v) is 9.31. The zero-order chi connectivity index (χ0) is 17.6. The van der Waals surface area contributed by atoms with Gasteiger partial charge in [0.25, 0.3) is 0 Å². The first-order valence-electron chi connectivity index (χ1n) is 8.43. The zero-order valence-electron chi connectivity index (χ0n) is 14.9. The number of thioether (sulfide) groups is 1. The van der Waals surface area contributed by atoms with E-state index in [1.807, 2.05) is 47.9 Å². The minimum Gasteiger partial charge on any atom is -0.494 e. The van der Waals surface area contributed by atoms with Gasteiger partial charge in [0, 0.05) is 0 Å². The fourth-order valence-electron chi connectivity index (χ4n) is 3.56. The zero-order valence-corrected chi connectivity index (χ0v) is 15.8. The van der Waals surface area contributed by atoms with E-state index in [2.05, 4.69) is 27.7 Å². The number of benzene rings is 1. The van der Waals surface area contributed by atoms with Crippen molar-refractivity contribution < 1.29 is 14.1 Å². The fraction of sp³-hybridized carbons (Fsp3) is 0.556. The number of carbonyl (C=O) groups excluding carboxylic acids is 1. The summed E-state index contributed by atoms with van der Waals surface area (Å²) in [6.45, 7) is 11.2. The van der Waals surface area contributed by atoms with E-state index in [-0.39, 0.29) is 22.2 Å². The number of hydrogen-bond acceptors (Lipinski definition) is 4. The van der Waals surface area contributed by atoms with Gasteiger partial charge in [-0.05, 0) is 51.0 Å². The number of fused-ring (bicyclic) bond motifs is 1. The molecular formula is C18H26N3O2S+. The topological polar surface area (TPSA) is 58.6 Å². The Bertz CT molecular complexity index is 682. The van der Waals surface area contributed by atoms with Crippen molar-refractivity contribution in [1.29, 1.82) is 0 Å². The van der Waals surface area contributed by atoms with Gasteiger partial charge in [-0.25, -0.2) is 9.69 Å². The highest BCUT2D eigenvalue weighted by Gasteiger charge is 2.62. The monoisotopic (exact) mass is 348 g/mol. The first-order chi connectivity index (χ1) is 11.3. The summed E-state index contributed by atoms with van der Waals surface area (Å²) >= 11 is 1.84. The maximum Gasteiger partial charge on any atom is 0.445 e. The Kier molecular flexibility index (Phi) is 4.28. The predicted molar refractivity (Wildman–Crippen MR) is 98.0 cm³/mol. The largest absolute Gasteiger partial charge is 0.494 e. The van der Waals surface area contributed by atoms with E-state index >= 15 is 0 Å². The molecule has 0 spiro atoms. The van der Waals surface area contributed by atoms with E-state index in [4.69, 9.17) is 10.5 Å². The van der Waals surface area contributed by atoms with Crippen molar-refractivity contribution in [1.82, 2.24) is 4.90 Å². The molecule has 0 radical (unpaired) electrons. The van der Waals surface area contributed by atoms with Gasteiger partial charge in [-0.3, -0.25) is 0 Å². The molecule has 0 aromatic heterocycles. The number of nitrogens with zero attached hydrogens (tertiary/aromatic N) is 2. The molecule has 24 heavy (non-hydrogen) atoms. The van der Waals surface area contributed by atoms with Crippen LogP contribution in [0.25, 0.3) is 0 Å². The molecule has 6 heteroatoms. The summed E-state index contributed by atoms with van der Waals surface area (Å²) < 4.78 is 7.03. The van der Waals surface area contributed by atoms with Crippen LogP contribution in [0, 0.1) is 5.92 Å². The molecule has 0 saturated carbocycles. The van der Waals surface area contributed by atoms with Gasteiger partial charge in [-0.15, -0.1) is 11.8 Å². The molecule has 2 N–H and O–H groups in total. The number of amides is 2. The Morgan fingerprint density at radius 2 is 1.96 bits per heavy atom. The highest BCUT2D eigenvalue weighted by molar-refractivity contribution is 8.01. The van der Waals surface area contributed by atoms with Crippen LogP contribution in [-0.4, -0.2) is 44.1 Å². The van der Waals surface area contributed by atoms with Gasteiger partial charge in [0.15, 0.2) is 6.04 Å². The normalized spacial score (nSPS) is 25.6. The summed E-state index contributed by atoms with van der Waals surface area (Å²) in [5.74, 6) is 1.78. The molecule has 2 unspecified atom stereocenters. The summed E-state index contributed by atoms with van der Waals surface area (Å²) in [7, 11) is 0.